The molecule has 2 aromatic rings. The second kappa shape index (κ2) is 7.61. The van der Waals surface area contributed by atoms with Crippen molar-refractivity contribution >= 4 is 33.2 Å². The van der Waals surface area contributed by atoms with E-state index in [4.69, 9.17) is 4.74 Å². The molecule has 2 N–H and O–H groups in total. The Bertz CT molecular complexity index is 1020. The van der Waals surface area contributed by atoms with Crippen molar-refractivity contribution in [1.82, 2.24) is 4.31 Å². The smallest absolute Gasteiger partial charge is 0.265 e. The predicted molar refractivity (Wildman–Crippen MR) is 105 cm³/mol. The summed E-state index contributed by atoms with van der Waals surface area (Å²) in [4.78, 5) is 23.9. The lowest BCUT2D eigenvalue weighted by Gasteiger charge is -2.25. The Hall–Kier alpha value is -2.91. The minimum atomic E-state index is -3.94. The summed E-state index contributed by atoms with van der Waals surface area (Å²) in [5, 5.41) is 5.34. The van der Waals surface area contributed by atoms with Gasteiger partial charge in [-0.15, -0.1) is 0 Å². The monoisotopic (exact) mass is 403 g/mol. The minimum Gasteiger partial charge on any atom is -0.479 e. The van der Waals surface area contributed by atoms with Crippen molar-refractivity contribution in [3.63, 3.8) is 0 Å². The zero-order chi connectivity index (χ0) is 20.5. The summed E-state index contributed by atoms with van der Waals surface area (Å²) in [6.07, 6.45) is -0.722. The van der Waals surface area contributed by atoms with Crippen molar-refractivity contribution in [1.29, 1.82) is 0 Å². The number of carbonyl (C=O) groups excluding carboxylic acids is 2. The van der Waals surface area contributed by atoms with Crippen LogP contribution in [0.1, 0.15) is 12.5 Å². The number of likely N-dealkylation sites (N-methyl/N-ethyl adjacent to an activating group) is 1. The van der Waals surface area contributed by atoms with Gasteiger partial charge in [-0.2, -0.15) is 4.31 Å². The molecule has 9 heteroatoms. The van der Waals surface area contributed by atoms with Gasteiger partial charge in [-0.25, -0.2) is 8.42 Å². The van der Waals surface area contributed by atoms with Crippen LogP contribution in [0.2, 0.25) is 0 Å². The van der Waals surface area contributed by atoms with Crippen LogP contribution in [-0.2, 0) is 19.6 Å². The van der Waals surface area contributed by atoms with Gasteiger partial charge in [-0.1, -0.05) is 18.2 Å². The van der Waals surface area contributed by atoms with Gasteiger partial charge in [0.2, 0.25) is 15.9 Å². The highest BCUT2D eigenvalue weighted by Crippen LogP contribution is 2.35. The Morgan fingerprint density at radius 3 is 2.61 bits per heavy atom. The molecule has 0 spiro atoms. The summed E-state index contributed by atoms with van der Waals surface area (Å²) in [5.74, 6) is -0.472. The zero-order valence-corrected chi connectivity index (χ0v) is 16.5. The molecule has 2 aromatic carbocycles. The van der Waals surface area contributed by atoms with Crippen LogP contribution in [0.5, 0.6) is 5.75 Å². The Balaban J connectivity index is 1.81. The van der Waals surface area contributed by atoms with E-state index in [-0.39, 0.29) is 23.1 Å². The van der Waals surface area contributed by atoms with Crippen LogP contribution in [0.4, 0.5) is 11.4 Å². The topological polar surface area (TPSA) is 105 Å². The van der Waals surface area contributed by atoms with Crippen LogP contribution in [0, 0.1) is 6.92 Å². The third-order valence-electron chi connectivity index (χ3n) is 4.32. The van der Waals surface area contributed by atoms with Crippen molar-refractivity contribution in [2.75, 3.05) is 24.2 Å². The molecular formula is C19H21N3O5S. The quantitative estimate of drug-likeness (QED) is 0.794. The summed E-state index contributed by atoms with van der Waals surface area (Å²) < 4.78 is 32.4. The summed E-state index contributed by atoms with van der Waals surface area (Å²) in [5.41, 5.74) is 1.44. The second-order valence-electron chi connectivity index (χ2n) is 6.54. The fraction of sp³-hybridized carbons (Fsp3) is 0.263. The third-order valence-corrected chi connectivity index (χ3v) is 6.27. The van der Waals surface area contributed by atoms with Crippen LogP contribution >= 0.6 is 0 Å². The van der Waals surface area contributed by atoms with E-state index in [0.29, 0.717) is 16.9 Å². The first-order valence-corrected chi connectivity index (χ1v) is 10.1. The molecule has 0 unspecified atom stereocenters. The van der Waals surface area contributed by atoms with Gasteiger partial charge in [0.15, 0.2) is 6.10 Å². The Labute approximate surface area is 163 Å². The van der Waals surface area contributed by atoms with Gasteiger partial charge in [-0.3, -0.25) is 9.59 Å². The lowest BCUT2D eigenvalue weighted by Crippen LogP contribution is -2.36. The molecule has 1 aliphatic rings. The van der Waals surface area contributed by atoms with E-state index in [9.17, 15) is 18.0 Å². The van der Waals surface area contributed by atoms with Crippen molar-refractivity contribution in [3.05, 3.63) is 48.0 Å². The average molecular weight is 403 g/mol. The molecule has 0 bridgehead atoms. The van der Waals surface area contributed by atoms with Gasteiger partial charge in [0.05, 0.1) is 17.1 Å². The average Bonchev–Trinajstić information content (AvgIpc) is 2.63. The number of benzene rings is 2. The summed E-state index contributed by atoms with van der Waals surface area (Å²) in [7, 11) is -2.60. The first-order chi connectivity index (χ1) is 13.2. The van der Waals surface area contributed by atoms with Crippen molar-refractivity contribution in [2.45, 2.75) is 24.8 Å². The van der Waals surface area contributed by atoms with E-state index >= 15 is 0 Å². The number of carbonyl (C=O) groups is 2. The Kier molecular flexibility index (Phi) is 5.39. The van der Waals surface area contributed by atoms with Gasteiger partial charge in [0.25, 0.3) is 5.91 Å². The maximum Gasteiger partial charge on any atom is 0.265 e. The fourth-order valence-electron chi connectivity index (χ4n) is 2.80. The highest BCUT2D eigenvalue weighted by Gasteiger charge is 2.30. The highest BCUT2D eigenvalue weighted by atomic mass is 32.2. The van der Waals surface area contributed by atoms with Crippen molar-refractivity contribution in [3.8, 4) is 5.75 Å². The van der Waals surface area contributed by atoms with Crippen LogP contribution in [0.15, 0.2) is 47.4 Å². The molecule has 0 aromatic heterocycles. The first-order valence-electron chi connectivity index (χ1n) is 8.62. The van der Waals surface area contributed by atoms with E-state index in [1.807, 2.05) is 6.07 Å². The molecule has 1 heterocycles. The normalized spacial score (nSPS) is 16.1. The van der Waals surface area contributed by atoms with Crippen LogP contribution in [-0.4, -0.2) is 44.2 Å². The minimum absolute atomic E-state index is 0.0182. The number of aryl methyl sites for hydroxylation is 1. The van der Waals surface area contributed by atoms with Gasteiger partial charge >= 0.3 is 0 Å². The Morgan fingerprint density at radius 1 is 1.25 bits per heavy atom. The number of nitrogens with one attached hydrogen (secondary N) is 2. The van der Waals surface area contributed by atoms with E-state index < -0.39 is 22.0 Å². The van der Waals surface area contributed by atoms with Crippen molar-refractivity contribution in [2.24, 2.45) is 0 Å². The molecule has 28 heavy (non-hydrogen) atoms. The van der Waals surface area contributed by atoms with Gasteiger partial charge in [0.1, 0.15) is 5.75 Å². The lowest BCUT2D eigenvalue weighted by atomic mass is 10.1. The largest absolute Gasteiger partial charge is 0.479 e. The lowest BCUT2D eigenvalue weighted by molar-refractivity contribution is -0.122. The summed E-state index contributed by atoms with van der Waals surface area (Å²) in [6, 6.07) is 11.7. The molecule has 0 radical (unpaired) electrons. The number of nitrogens with zero attached hydrogens (tertiary/aromatic N) is 1. The standard InChI is InChI=1S/C19H21N3O5S/c1-12-9-15-16(27-13(2)19(24)21-15)10-17(12)28(25,26)22(3)11-18(23)20-14-7-5-4-6-8-14/h4-10,13H,11H2,1-3H3,(H,20,23)(H,21,24)/t13-/m1/s1. The van der Waals surface area contributed by atoms with Crippen molar-refractivity contribution < 1.29 is 22.7 Å². The fourth-order valence-corrected chi connectivity index (χ4v) is 4.14. The van der Waals surface area contributed by atoms with Crippen LogP contribution in [0.3, 0.4) is 0 Å². The number of rotatable bonds is 5. The maximum absolute atomic E-state index is 13.0. The molecule has 0 saturated carbocycles. The summed E-state index contributed by atoms with van der Waals surface area (Å²) >= 11 is 0. The van der Waals surface area contributed by atoms with Crippen LogP contribution in [0.25, 0.3) is 0 Å². The highest BCUT2D eigenvalue weighted by molar-refractivity contribution is 7.89. The Morgan fingerprint density at radius 2 is 1.93 bits per heavy atom. The van der Waals surface area contributed by atoms with E-state index in [0.717, 1.165) is 4.31 Å². The second-order valence-corrected chi connectivity index (χ2v) is 8.55. The number of amides is 2. The number of ether oxygens (including phenoxy) is 1. The molecule has 2 amide bonds. The molecular weight excluding hydrogens is 382 g/mol. The number of hydrogen-bond donors (Lipinski definition) is 2. The van der Waals surface area contributed by atoms with Gasteiger partial charge in [0, 0.05) is 18.8 Å². The number of anilines is 2. The maximum atomic E-state index is 13.0. The third kappa shape index (κ3) is 4.00. The molecule has 3 rings (SSSR count). The number of fused-ring (bicyclic) bond motifs is 1. The van der Waals surface area contributed by atoms with Gasteiger partial charge < -0.3 is 15.4 Å². The molecule has 0 aliphatic carbocycles. The van der Waals surface area contributed by atoms with Crippen LogP contribution < -0.4 is 15.4 Å². The number of para-hydroxylation sites is 1. The molecule has 0 fully saturated rings. The molecule has 8 nitrogen and oxygen atoms in total. The van der Waals surface area contributed by atoms with E-state index in [1.54, 1.807) is 44.2 Å². The number of sulfonamides is 1. The molecule has 148 valence electrons. The van der Waals surface area contributed by atoms with E-state index in [2.05, 4.69) is 10.6 Å². The zero-order valence-electron chi connectivity index (χ0n) is 15.7. The molecule has 1 aliphatic heterocycles. The number of hydrogen-bond acceptors (Lipinski definition) is 5. The predicted octanol–water partition coefficient (Wildman–Crippen LogP) is 1.97. The summed E-state index contributed by atoms with van der Waals surface area (Å²) in [6.45, 7) is 2.85. The molecule has 1 atom stereocenters. The first kappa shape index (κ1) is 19.8. The van der Waals surface area contributed by atoms with Gasteiger partial charge in [-0.05, 0) is 37.6 Å². The SMILES string of the molecule is Cc1cc2c(cc1S(=O)(=O)N(C)CC(=O)Nc1ccccc1)O[C@H](C)C(=O)N2. The molecule has 0 saturated heterocycles. The van der Waals surface area contributed by atoms with E-state index in [1.165, 1.54) is 13.1 Å².